The molecule has 0 aliphatic carbocycles. The van der Waals surface area contributed by atoms with Crippen molar-refractivity contribution in [3.8, 4) is 0 Å². The fraction of sp³-hybridized carbons (Fsp3) is 0.800. The average molecular weight is 181 g/mol. The zero-order valence-electron chi connectivity index (χ0n) is 6.29. The molecule has 0 aromatic rings. The molecule has 5 heteroatoms. The van der Waals surface area contributed by atoms with Crippen molar-refractivity contribution < 1.29 is 9.53 Å². The molecule has 0 rings (SSSR count). The Bertz CT molecular complexity index is 106. The summed E-state index contributed by atoms with van der Waals surface area (Å²) in [4.78, 5) is 10.9. The predicted molar refractivity (Wildman–Crippen MR) is 45.9 cm³/mol. The third-order valence-electron chi connectivity index (χ3n) is 0.749. The van der Waals surface area contributed by atoms with E-state index in [1.165, 1.54) is 27.6 Å². The van der Waals surface area contributed by atoms with Crippen molar-refractivity contribution in [3.63, 3.8) is 0 Å². The molecule has 0 unspecified atom stereocenters. The molecule has 0 fully saturated rings. The van der Waals surface area contributed by atoms with Crippen LogP contribution in [0.25, 0.3) is 0 Å². The molecule has 0 saturated heterocycles. The summed E-state index contributed by atoms with van der Waals surface area (Å²) in [5.74, 6) is 0. The first-order chi connectivity index (χ1) is 4.76. The predicted octanol–water partition coefficient (Wildman–Crippen LogP) is 2.00. The highest BCUT2D eigenvalue weighted by Crippen LogP contribution is 2.17. The van der Waals surface area contributed by atoms with Crippen LogP contribution >= 0.6 is 23.9 Å². The standard InChI is InChI=1S/C5H11NO2S2/c1-4-8-5(7)6(9-2)10-3/h4H2,1-3H3. The van der Waals surface area contributed by atoms with Gasteiger partial charge in [0.15, 0.2) is 0 Å². The number of carbonyl (C=O) groups is 1. The van der Waals surface area contributed by atoms with Gasteiger partial charge in [-0.05, 0) is 30.8 Å². The Hall–Kier alpha value is -0.0300. The first-order valence-corrected chi connectivity index (χ1v) is 5.17. The van der Waals surface area contributed by atoms with Crippen molar-refractivity contribution in [1.82, 2.24) is 3.71 Å². The highest BCUT2D eigenvalue weighted by molar-refractivity contribution is 8.12. The minimum Gasteiger partial charge on any atom is -0.448 e. The zero-order valence-corrected chi connectivity index (χ0v) is 7.92. The molecule has 0 radical (unpaired) electrons. The van der Waals surface area contributed by atoms with E-state index in [0.29, 0.717) is 6.61 Å². The number of amides is 1. The van der Waals surface area contributed by atoms with Crippen LogP contribution in [0.5, 0.6) is 0 Å². The lowest BCUT2D eigenvalue weighted by molar-refractivity contribution is 0.148. The van der Waals surface area contributed by atoms with Crippen molar-refractivity contribution in [2.75, 3.05) is 19.1 Å². The van der Waals surface area contributed by atoms with Gasteiger partial charge in [-0.2, -0.15) is 3.71 Å². The third-order valence-corrected chi connectivity index (χ3v) is 2.60. The van der Waals surface area contributed by atoms with Crippen LogP contribution in [0.4, 0.5) is 4.79 Å². The quantitative estimate of drug-likeness (QED) is 0.623. The highest BCUT2D eigenvalue weighted by atomic mass is 32.2. The molecule has 0 atom stereocenters. The van der Waals surface area contributed by atoms with E-state index in [-0.39, 0.29) is 6.09 Å². The van der Waals surface area contributed by atoms with E-state index in [0.717, 1.165) is 0 Å². The maximum atomic E-state index is 10.9. The van der Waals surface area contributed by atoms with Gasteiger partial charge < -0.3 is 4.74 Å². The first-order valence-electron chi connectivity index (χ1n) is 2.81. The molecule has 10 heavy (non-hydrogen) atoms. The lowest BCUT2D eigenvalue weighted by atomic mass is 10.9. The summed E-state index contributed by atoms with van der Waals surface area (Å²) >= 11 is 2.68. The SMILES string of the molecule is CCOC(=O)N(SC)SC. The van der Waals surface area contributed by atoms with Crippen molar-refractivity contribution >= 4 is 30.0 Å². The van der Waals surface area contributed by atoms with Crippen LogP contribution in [-0.2, 0) is 4.74 Å². The minimum atomic E-state index is -0.289. The normalized spacial score (nSPS) is 9.10. The molecule has 0 aliphatic heterocycles. The van der Waals surface area contributed by atoms with Crippen molar-refractivity contribution in [2.45, 2.75) is 6.92 Å². The number of hydrogen-bond donors (Lipinski definition) is 0. The second kappa shape index (κ2) is 5.73. The molecule has 1 amide bonds. The van der Waals surface area contributed by atoms with Crippen molar-refractivity contribution in [1.29, 1.82) is 0 Å². The van der Waals surface area contributed by atoms with Crippen LogP contribution in [0.15, 0.2) is 0 Å². The number of nitrogens with zero attached hydrogens (tertiary/aromatic N) is 1. The number of rotatable bonds is 3. The van der Waals surface area contributed by atoms with Gasteiger partial charge in [0.1, 0.15) is 0 Å². The Labute approximate surface area is 69.8 Å². The number of hydrogen-bond acceptors (Lipinski definition) is 4. The monoisotopic (exact) mass is 181 g/mol. The van der Waals surface area contributed by atoms with Crippen LogP contribution in [0, 0.1) is 0 Å². The van der Waals surface area contributed by atoms with Gasteiger partial charge in [-0.1, -0.05) is 0 Å². The summed E-state index contributed by atoms with van der Waals surface area (Å²) in [7, 11) is 0. The number of ether oxygens (including phenoxy) is 1. The van der Waals surface area contributed by atoms with E-state index in [1.54, 1.807) is 6.92 Å². The lowest BCUT2D eigenvalue weighted by Crippen LogP contribution is -2.17. The molecule has 0 bridgehead atoms. The Balaban J connectivity index is 3.65. The number of carbonyl (C=O) groups excluding carboxylic acids is 1. The van der Waals surface area contributed by atoms with Crippen molar-refractivity contribution in [3.05, 3.63) is 0 Å². The second-order valence-electron chi connectivity index (χ2n) is 1.32. The van der Waals surface area contributed by atoms with Crippen LogP contribution in [-0.4, -0.2) is 28.9 Å². The summed E-state index contributed by atoms with van der Waals surface area (Å²) in [6, 6.07) is 0. The maximum Gasteiger partial charge on any atom is 0.430 e. The molecule has 0 spiro atoms. The van der Waals surface area contributed by atoms with Crippen LogP contribution in [0.1, 0.15) is 6.92 Å². The molecule has 3 nitrogen and oxygen atoms in total. The summed E-state index contributed by atoms with van der Waals surface area (Å²) in [6.45, 7) is 2.22. The Morgan fingerprint density at radius 2 is 2.00 bits per heavy atom. The fourth-order valence-electron chi connectivity index (χ4n) is 0.400. The maximum absolute atomic E-state index is 10.9. The van der Waals surface area contributed by atoms with Crippen LogP contribution < -0.4 is 0 Å². The van der Waals surface area contributed by atoms with Gasteiger partial charge in [0.25, 0.3) is 0 Å². The summed E-state index contributed by atoms with van der Waals surface area (Å²) < 4.78 is 6.21. The topological polar surface area (TPSA) is 29.5 Å². The van der Waals surface area contributed by atoms with E-state index in [2.05, 4.69) is 0 Å². The Kier molecular flexibility index (Phi) is 5.71. The molecular formula is C5H11NO2S2. The van der Waals surface area contributed by atoms with Gasteiger partial charge in [-0.3, -0.25) is 0 Å². The summed E-state index contributed by atoms with van der Waals surface area (Å²) in [5.41, 5.74) is 0. The largest absolute Gasteiger partial charge is 0.448 e. The smallest absolute Gasteiger partial charge is 0.430 e. The molecule has 0 aliphatic rings. The third kappa shape index (κ3) is 3.22. The lowest BCUT2D eigenvalue weighted by Gasteiger charge is -2.13. The molecule has 0 aromatic heterocycles. The zero-order chi connectivity index (χ0) is 7.98. The molecule has 0 saturated carbocycles. The van der Waals surface area contributed by atoms with Crippen LogP contribution in [0.2, 0.25) is 0 Å². The first kappa shape index (κ1) is 9.97. The molecular weight excluding hydrogens is 170 g/mol. The van der Waals surface area contributed by atoms with E-state index in [4.69, 9.17) is 4.74 Å². The fourth-order valence-corrected chi connectivity index (χ4v) is 1.40. The van der Waals surface area contributed by atoms with Gasteiger partial charge in [0, 0.05) is 12.5 Å². The molecule has 0 aromatic carbocycles. The van der Waals surface area contributed by atoms with E-state index < -0.39 is 0 Å². The molecule has 0 N–H and O–H groups in total. The van der Waals surface area contributed by atoms with Gasteiger partial charge in [0.05, 0.1) is 6.61 Å². The van der Waals surface area contributed by atoms with Gasteiger partial charge >= 0.3 is 6.09 Å². The molecule has 0 heterocycles. The molecule has 60 valence electrons. The van der Waals surface area contributed by atoms with Crippen molar-refractivity contribution in [2.24, 2.45) is 0 Å². The Morgan fingerprint density at radius 1 is 1.50 bits per heavy atom. The van der Waals surface area contributed by atoms with Gasteiger partial charge in [-0.15, -0.1) is 0 Å². The van der Waals surface area contributed by atoms with E-state index >= 15 is 0 Å². The van der Waals surface area contributed by atoms with Crippen LogP contribution in [0.3, 0.4) is 0 Å². The van der Waals surface area contributed by atoms with Gasteiger partial charge in [-0.25, -0.2) is 4.79 Å². The summed E-state index contributed by atoms with van der Waals surface area (Å²) in [6.07, 6.45) is 3.36. The highest BCUT2D eigenvalue weighted by Gasteiger charge is 2.10. The van der Waals surface area contributed by atoms with E-state index in [9.17, 15) is 4.79 Å². The minimum absolute atomic E-state index is 0.289. The van der Waals surface area contributed by atoms with E-state index in [1.807, 2.05) is 12.5 Å². The van der Waals surface area contributed by atoms with Gasteiger partial charge in [0.2, 0.25) is 0 Å². The summed E-state index contributed by atoms with van der Waals surface area (Å²) in [5, 5.41) is 0. The Morgan fingerprint density at radius 3 is 2.30 bits per heavy atom. The second-order valence-corrected chi connectivity index (χ2v) is 3.01. The average Bonchev–Trinajstić information content (AvgIpc) is 1.91.